The molecular formula is C19H22Cl2N4O5S. The van der Waals surface area contributed by atoms with Gasteiger partial charge in [0, 0.05) is 20.0 Å². The van der Waals surface area contributed by atoms with Crippen LogP contribution in [0.5, 0.6) is 0 Å². The van der Waals surface area contributed by atoms with Crippen molar-refractivity contribution in [3.05, 3.63) is 39.5 Å². The molecule has 2 heterocycles. The Hall–Kier alpha value is -1.72. The summed E-state index contributed by atoms with van der Waals surface area (Å²) in [5.41, 5.74) is -0.773. The van der Waals surface area contributed by atoms with Crippen LogP contribution in [0.15, 0.2) is 21.6 Å². The third-order valence-corrected chi connectivity index (χ3v) is 8.30. The van der Waals surface area contributed by atoms with Crippen molar-refractivity contribution in [3.8, 4) is 0 Å². The fourth-order valence-corrected chi connectivity index (χ4v) is 6.23. The Labute approximate surface area is 190 Å². The van der Waals surface area contributed by atoms with E-state index in [-0.39, 0.29) is 33.6 Å². The Balaban J connectivity index is 1.67. The van der Waals surface area contributed by atoms with E-state index in [9.17, 15) is 13.2 Å². The Morgan fingerprint density at radius 1 is 1.16 bits per heavy atom. The van der Waals surface area contributed by atoms with Crippen molar-refractivity contribution in [2.24, 2.45) is 0 Å². The van der Waals surface area contributed by atoms with Gasteiger partial charge in [-0.1, -0.05) is 41.2 Å². The van der Waals surface area contributed by atoms with Crippen molar-refractivity contribution >= 4 is 39.1 Å². The van der Waals surface area contributed by atoms with Crippen molar-refractivity contribution in [3.63, 3.8) is 0 Å². The topological polar surface area (TPSA) is 115 Å². The molecule has 0 bridgehead atoms. The molecule has 1 N–H and O–H groups in total. The van der Waals surface area contributed by atoms with Crippen molar-refractivity contribution in [2.75, 3.05) is 26.3 Å². The van der Waals surface area contributed by atoms with Crippen LogP contribution in [0.2, 0.25) is 10.0 Å². The van der Waals surface area contributed by atoms with Gasteiger partial charge in [-0.05, 0) is 25.0 Å². The van der Waals surface area contributed by atoms with Gasteiger partial charge in [0.2, 0.25) is 15.9 Å². The quantitative estimate of drug-likeness (QED) is 0.687. The first-order chi connectivity index (χ1) is 14.7. The van der Waals surface area contributed by atoms with E-state index in [0.29, 0.717) is 37.8 Å². The molecule has 0 radical (unpaired) electrons. The van der Waals surface area contributed by atoms with E-state index in [1.165, 1.54) is 16.4 Å². The maximum absolute atomic E-state index is 13.2. The molecule has 9 nitrogen and oxygen atoms in total. The van der Waals surface area contributed by atoms with E-state index in [2.05, 4.69) is 15.5 Å². The van der Waals surface area contributed by atoms with Gasteiger partial charge >= 0.3 is 0 Å². The molecule has 1 aliphatic carbocycles. The molecule has 0 atom stereocenters. The number of nitrogens with one attached hydrogen (secondary N) is 1. The van der Waals surface area contributed by atoms with Crippen LogP contribution < -0.4 is 5.32 Å². The summed E-state index contributed by atoms with van der Waals surface area (Å²) in [5.74, 6) is 0.283. The van der Waals surface area contributed by atoms with Gasteiger partial charge in [0.05, 0.1) is 28.8 Å². The van der Waals surface area contributed by atoms with Crippen LogP contribution in [0.1, 0.15) is 47.8 Å². The number of aryl methyl sites for hydroxylation is 1. The molecule has 1 aromatic carbocycles. The van der Waals surface area contributed by atoms with Gasteiger partial charge in [0.1, 0.15) is 10.4 Å². The van der Waals surface area contributed by atoms with E-state index >= 15 is 0 Å². The highest BCUT2D eigenvalue weighted by atomic mass is 35.5. The molecule has 1 aliphatic heterocycles. The number of halogens is 2. The normalized spacial score (nSPS) is 19.5. The van der Waals surface area contributed by atoms with E-state index in [1.807, 2.05) is 0 Å². The number of aromatic nitrogens is 2. The number of benzene rings is 1. The fourth-order valence-electron chi connectivity index (χ4n) is 3.99. The van der Waals surface area contributed by atoms with Crippen molar-refractivity contribution in [2.45, 2.75) is 43.0 Å². The molecule has 4 rings (SSSR count). The SMILES string of the molecule is Cc1nc(C2(NC(=O)c3cc(S(=O)(=O)N4CCOCC4)c(Cl)cc3Cl)CCCC2)no1. The maximum Gasteiger partial charge on any atom is 0.253 e. The predicted octanol–water partition coefficient (Wildman–Crippen LogP) is 2.91. The summed E-state index contributed by atoms with van der Waals surface area (Å²) >= 11 is 12.5. The standard InChI is InChI=1S/C19H22Cl2N4O5S/c1-12-22-18(24-30-12)19(4-2-3-5-19)23-17(26)13-10-16(15(21)11-14(13)20)31(27,28)25-6-8-29-9-7-25/h10-11H,2-9H2,1H3,(H,23,26). The number of rotatable bonds is 5. The first kappa shape index (κ1) is 22.5. The van der Waals surface area contributed by atoms with E-state index < -0.39 is 21.5 Å². The van der Waals surface area contributed by atoms with Crippen LogP contribution in [0, 0.1) is 6.92 Å². The number of amides is 1. The first-order valence-corrected chi connectivity index (χ1v) is 12.1. The van der Waals surface area contributed by atoms with Crippen LogP contribution in [-0.2, 0) is 20.3 Å². The Bertz CT molecular complexity index is 1090. The molecule has 2 aromatic rings. The van der Waals surface area contributed by atoms with Crippen LogP contribution in [0.3, 0.4) is 0 Å². The lowest BCUT2D eigenvalue weighted by Gasteiger charge is -2.28. The molecule has 1 saturated heterocycles. The van der Waals surface area contributed by atoms with Gasteiger partial charge in [-0.15, -0.1) is 0 Å². The van der Waals surface area contributed by atoms with Crippen LogP contribution >= 0.6 is 23.2 Å². The number of nitrogens with zero attached hydrogens (tertiary/aromatic N) is 3. The summed E-state index contributed by atoms with van der Waals surface area (Å²) in [6, 6.07) is 2.51. The molecule has 2 fully saturated rings. The smallest absolute Gasteiger partial charge is 0.253 e. The average molecular weight is 489 g/mol. The zero-order chi connectivity index (χ0) is 22.2. The van der Waals surface area contributed by atoms with E-state index in [4.69, 9.17) is 32.5 Å². The van der Waals surface area contributed by atoms with Gasteiger partial charge in [-0.3, -0.25) is 4.79 Å². The average Bonchev–Trinajstić information content (AvgIpc) is 3.38. The molecule has 2 aliphatic rings. The number of hydrogen-bond acceptors (Lipinski definition) is 7. The molecule has 12 heteroatoms. The molecule has 1 amide bonds. The second kappa shape index (κ2) is 8.67. The minimum absolute atomic E-state index is 0.0180. The maximum atomic E-state index is 13.2. The van der Waals surface area contributed by atoms with Crippen LogP contribution in [0.25, 0.3) is 0 Å². The zero-order valence-electron chi connectivity index (χ0n) is 16.9. The van der Waals surface area contributed by atoms with E-state index in [1.54, 1.807) is 6.92 Å². The summed E-state index contributed by atoms with van der Waals surface area (Å²) in [6.07, 6.45) is 3.06. The highest BCUT2D eigenvalue weighted by molar-refractivity contribution is 7.89. The number of morpholine rings is 1. The van der Waals surface area contributed by atoms with Gasteiger partial charge in [0.15, 0.2) is 5.82 Å². The summed E-state index contributed by atoms with van der Waals surface area (Å²) in [6.45, 7) is 2.70. The Morgan fingerprint density at radius 3 is 2.45 bits per heavy atom. The molecule has 168 valence electrons. The van der Waals surface area contributed by atoms with Crippen LogP contribution in [-0.4, -0.2) is 55.1 Å². The lowest BCUT2D eigenvalue weighted by molar-refractivity contribution is 0.0730. The summed E-state index contributed by atoms with van der Waals surface area (Å²) < 4.78 is 37.8. The highest BCUT2D eigenvalue weighted by Crippen LogP contribution is 2.38. The van der Waals surface area contributed by atoms with Crippen molar-refractivity contribution in [1.82, 2.24) is 19.8 Å². The van der Waals surface area contributed by atoms with Gasteiger partial charge in [0.25, 0.3) is 5.91 Å². The number of carbonyl (C=O) groups excluding carboxylic acids is 1. The molecule has 0 spiro atoms. The molecule has 31 heavy (non-hydrogen) atoms. The lowest BCUT2D eigenvalue weighted by Crippen LogP contribution is -2.45. The summed E-state index contributed by atoms with van der Waals surface area (Å²) in [4.78, 5) is 17.4. The predicted molar refractivity (Wildman–Crippen MR) is 113 cm³/mol. The van der Waals surface area contributed by atoms with Crippen molar-refractivity contribution < 1.29 is 22.5 Å². The summed E-state index contributed by atoms with van der Waals surface area (Å²) in [7, 11) is -3.91. The van der Waals surface area contributed by atoms with Crippen molar-refractivity contribution in [1.29, 1.82) is 0 Å². The molecule has 1 saturated carbocycles. The van der Waals surface area contributed by atoms with Crippen LogP contribution in [0.4, 0.5) is 0 Å². The Kier molecular flexibility index (Phi) is 6.28. The molecular weight excluding hydrogens is 467 g/mol. The largest absolute Gasteiger partial charge is 0.379 e. The monoisotopic (exact) mass is 488 g/mol. The number of ether oxygens (including phenoxy) is 1. The third kappa shape index (κ3) is 4.31. The zero-order valence-corrected chi connectivity index (χ0v) is 19.2. The minimum Gasteiger partial charge on any atom is -0.379 e. The molecule has 1 aromatic heterocycles. The fraction of sp³-hybridized carbons (Fsp3) is 0.526. The van der Waals surface area contributed by atoms with E-state index in [0.717, 1.165) is 12.8 Å². The second-order valence-corrected chi connectivity index (χ2v) is 10.4. The number of sulfonamides is 1. The minimum atomic E-state index is -3.91. The third-order valence-electron chi connectivity index (χ3n) is 5.62. The molecule has 0 unspecified atom stereocenters. The first-order valence-electron chi connectivity index (χ1n) is 9.93. The van der Waals surface area contributed by atoms with Gasteiger partial charge < -0.3 is 14.6 Å². The number of carbonyl (C=O) groups is 1. The van der Waals surface area contributed by atoms with Gasteiger partial charge in [-0.25, -0.2) is 8.42 Å². The highest BCUT2D eigenvalue weighted by Gasteiger charge is 2.42. The lowest BCUT2D eigenvalue weighted by atomic mass is 9.96. The summed E-state index contributed by atoms with van der Waals surface area (Å²) in [5, 5.41) is 6.99. The van der Waals surface area contributed by atoms with Gasteiger partial charge in [-0.2, -0.15) is 9.29 Å². The Morgan fingerprint density at radius 2 is 1.84 bits per heavy atom. The number of hydrogen-bond donors (Lipinski definition) is 1. The second-order valence-electron chi connectivity index (χ2n) is 7.66.